The zero-order chi connectivity index (χ0) is 36.7. The molecule has 0 radical (unpaired) electrons. The topological polar surface area (TPSA) is 31.0 Å². The van der Waals surface area contributed by atoms with Gasteiger partial charge in [-0.1, -0.05) is 146 Å². The molecule has 0 N–H and O–H groups in total. The number of hydrogen-bond donors (Lipinski definition) is 0. The summed E-state index contributed by atoms with van der Waals surface area (Å²) in [6, 6.07) is 69.4. The van der Waals surface area contributed by atoms with Crippen LogP contribution in [0.3, 0.4) is 0 Å². The molecule has 0 atom stereocenters. The number of fused-ring (bicyclic) bond motifs is 13. The Labute approximate surface area is 322 Å². The maximum Gasteiger partial charge on any atom is 0.145 e. The maximum atomic E-state index is 7.11. The van der Waals surface area contributed by atoms with E-state index in [1.54, 1.807) is 0 Å². The van der Waals surface area contributed by atoms with Crippen molar-refractivity contribution >= 4 is 76.1 Å². The van der Waals surface area contributed by atoms with E-state index in [2.05, 4.69) is 199 Å². The van der Waals surface area contributed by atoms with Crippen molar-refractivity contribution in [3.63, 3.8) is 0 Å². The lowest BCUT2D eigenvalue weighted by Gasteiger charge is -2.13. The fraction of sp³-hybridized carbons (Fsp3) is 0. The molecule has 12 aromatic rings. The van der Waals surface area contributed by atoms with E-state index in [1.165, 1.54) is 37.7 Å². The first-order chi connectivity index (χ1) is 27.8. The smallest absolute Gasteiger partial charge is 0.145 e. The predicted molar refractivity (Wildman–Crippen MR) is 235 cm³/mol. The van der Waals surface area contributed by atoms with E-state index in [9.17, 15) is 0 Å². The number of para-hydroxylation sites is 3. The highest BCUT2D eigenvalue weighted by molar-refractivity contribution is 6.26. The summed E-state index contributed by atoms with van der Waals surface area (Å²) >= 11 is 0. The molecule has 0 bridgehead atoms. The van der Waals surface area contributed by atoms with Gasteiger partial charge in [0.15, 0.2) is 0 Å². The van der Waals surface area contributed by atoms with Gasteiger partial charge in [-0.05, 0) is 86.4 Å². The fourth-order valence-electron chi connectivity index (χ4n) is 9.05. The van der Waals surface area contributed by atoms with E-state index in [1.807, 2.05) is 0 Å². The molecule has 0 amide bonds. The van der Waals surface area contributed by atoms with Crippen LogP contribution in [0.5, 0.6) is 0 Å². The molecule has 9 aromatic carbocycles. The number of aromatic nitrogens is 2. The molecule has 0 saturated heterocycles. The quantitative estimate of drug-likeness (QED) is 0.170. The van der Waals surface area contributed by atoms with Gasteiger partial charge in [0.2, 0.25) is 0 Å². The third-order valence-corrected chi connectivity index (χ3v) is 11.6. The van der Waals surface area contributed by atoms with Gasteiger partial charge in [-0.2, -0.15) is 0 Å². The van der Waals surface area contributed by atoms with Crippen LogP contribution in [-0.4, -0.2) is 9.55 Å². The number of furan rings is 1. The lowest BCUT2D eigenvalue weighted by atomic mass is 9.92. The van der Waals surface area contributed by atoms with Crippen LogP contribution < -0.4 is 0 Å². The van der Waals surface area contributed by atoms with Crippen LogP contribution in [0.4, 0.5) is 0 Å². The van der Waals surface area contributed by atoms with Crippen molar-refractivity contribution in [3.8, 4) is 39.3 Å². The average Bonchev–Trinajstić information content (AvgIpc) is 3.83. The van der Waals surface area contributed by atoms with E-state index >= 15 is 0 Å². The zero-order valence-electron chi connectivity index (χ0n) is 30.3. The summed E-state index contributed by atoms with van der Waals surface area (Å²) in [5.74, 6) is 0. The van der Waals surface area contributed by atoms with Gasteiger partial charge in [0.05, 0.1) is 27.8 Å². The van der Waals surface area contributed by atoms with Crippen LogP contribution in [0.1, 0.15) is 0 Å². The minimum Gasteiger partial charge on any atom is -0.455 e. The normalized spacial score (nSPS) is 11.9. The summed E-state index contributed by atoms with van der Waals surface area (Å²) in [4.78, 5) is 5.34. The van der Waals surface area contributed by atoms with Crippen LogP contribution in [0.15, 0.2) is 199 Å². The van der Waals surface area contributed by atoms with Gasteiger partial charge in [0.1, 0.15) is 11.2 Å². The molecule has 56 heavy (non-hydrogen) atoms. The molecule has 0 aliphatic carbocycles. The van der Waals surface area contributed by atoms with Crippen molar-refractivity contribution in [1.82, 2.24) is 9.55 Å². The Morgan fingerprint density at radius 1 is 0.339 bits per heavy atom. The van der Waals surface area contributed by atoms with Crippen molar-refractivity contribution in [2.45, 2.75) is 0 Å². The zero-order valence-corrected chi connectivity index (χ0v) is 30.3. The summed E-state index contributed by atoms with van der Waals surface area (Å²) in [5, 5.41) is 12.0. The molecule has 3 heterocycles. The van der Waals surface area contributed by atoms with Crippen molar-refractivity contribution in [3.05, 3.63) is 194 Å². The largest absolute Gasteiger partial charge is 0.455 e. The highest BCUT2D eigenvalue weighted by Crippen LogP contribution is 2.44. The van der Waals surface area contributed by atoms with Gasteiger partial charge >= 0.3 is 0 Å². The molecule has 3 heteroatoms. The molecule has 0 fully saturated rings. The second-order valence-electron chi connectivity index (χ2n) is 14.7. The second kappa shape index (κ2) is 12.0. The Balaban J connectivity index is 1.11. The SMILES string of the molecule is c1ccc(-c2cc(-c3cccc4c3oc3c4ccc4c3c3ccccc3n4-c3ccccc3)cc(-c3ccc4c5ccccc5c5ccccc5c4c3)n2)cc1. The Morgan fingerprint density at radius 3 is 1.62 bits per heavy atom. The minimum absolute atomic E-state index is 0.874. The third-order valence-electron chi connectivity index (χ3n) is 11.6. The monoisotopic (exact) mass is 712 g/mol. The first kappa shape index (κ1) is 30.9. The highest BCUT2D eigenvalue weighted by Gasteiger charge is 2.21. The maximum absolute atomic E-state index is 7.11. The van der Waals surface area contributed by atoms with Gasteiger partial charge in [-0.3, -0.25) is 0 Å². The van der Waals surface area contributed by atoms with Crippen LogP contribution in [0.2, 0.25) is 0 Å². The molecule has 0 aliphatic heterocycles. The number of hydrogen-bond acceptors (Lipinski definition) is 2. The summed E-state index contributed by atoms with van der Waals surface area (Å²) in [6.07, 6.45) is 0. The molecule has 260 valence electrons. The standard InChI is InChI=1S/C53H32N2O/c1-3-14-33(15-4-1)47-31-35(32-48(54-47)34-26-27-42-40-20-8-7-18-38(40)39-19-9-10-21-41(39)46(42)30-34)37-23-13-24-43-44-28-29-50-51(53(44)56-52(37)43)45-22-11-12-25-49(45)55(50)36-16-5-2-6-17-36/h1-32H. The molecule has 0 aliphatic rings. The molecule has 3 nitrogen and oxygen atoms in total. The molecule has 0 saturated carbocycles. The Morgan fingerprint density at radius 2 is 0.893 bits per heavy atom. The van der Waals surface area contributed by atoms with E-state index in [-0.39, 0.29) is 0 Å². The van der Waals surface area contributed by atoms with E-state index < -0.39 is 0 Å². The average molecular weight is 713 g/mol. The van der Waals surface area contributed by atoms with Crippen molar-refractivity contribution in [2.75, 3.05) is 0 Å². The lowest BCUT2D eigenvalue weighted by Crippen LogP contribution is -1.92. The van der Waals surface area contributed by atoms with E-state index in [0.717, 1.165) is 77.7 Å². The van der Waals surface area contributed by atoms with Gasteiger partial charge < -0.3 is 8.98 Å². The van der Waals surface area contributed by atoms with Crippen molar-refractivity contribution < 1.29 is 4.42 Å². The minimum atomic E-state index is 0.874. The highest BCUT2D eigenvalue weighted by atomic mass is 16.3. The van der Waals surface area contributed by atoms with Crippen LogP contribution in [-0.2, 0) is 0 Å². The second-order valence-corrected chi connectivity index (χ2v) is 14.7. The van der Waals surface area contributed by atoms with Crippen LogP contribution >= 0.6 is 0 Å². The van der Waals surface area contributed by atoms with E-state index in [4.69, 9.17) is 9.40 Å². The Bertz CT molecular complexity index is 3490. The van der Waals surface area contributed by atoms with E-state index in [0.29, 0.717) is 0 Å². The lowest BCUT2D eigenvalue weighted by molar-refractivity contribution is 0.674. The first-order valence-electron chi connectivity index (χ1n) is 19.1. The number of nitrogens with zero attached hydrogens (tertiary/aromatic N) is 2. The Kier molecular flexibility index (Phi) is 6.63. The predicted octanol–water partition coefficient (Wildman–Crippen LogP) is 14.5. The third kappa shape index (κ3) is 4.55. The summed E-state index contributed by atoms with van der Waals surface area (Å²) in [5.41, 5.74) is 11.3. The molecular formula is C53H32N2O. The van der Waals surface area contributed by atoms with Crippen molar-refractivity contribution in [2.24, 2.45) is 0 Å². The Hall–Kier alpha value is -7.49. The number of rotatable bonds is 4. The van der Waals surface area contributed by atoms with Gasteiger partial charge in [0, 0.05) is 38.5 Å². The first-order valence-corrected chi connectivity index (χ1v) is 19.1. The summed E-state index contributed by atoms with van der Waals surface area (Å²) < 4.78 is 9.46. The molecule has 3 aromatic heterocycles. The molecule has 0 unspecified atom stereocenters. The van der Waals surface area contributed by atoms with Gasteiger partial charge in [-0.25, -0.2) is 4.98 Å². The number of pyridine rings is 1. The van der Waals surface area contributed by atoms with Crippen LogP contribution in [0.25, 0.3) is 115 Å². The molecular weight excluding hydrogens is 681 g/mol. The van der Waals surface area contributed by atoms with Gasteiger partial charge in [0.25, 0.3) is 0 Å². The van der Waals surface area contributed by atoms with Gasteiger partial charge in [-0.15, -0.1) is 0 Å². The van der Waals surface area contributed by atoms with Crippen LogP contribution in [0, 0.1) is 0 Å². The summed E-state index contributed by atoms with van der Waals surface area (Å²) in [7, 11) is 0. The van der Waals surface area contributed by atoms with Crippen molar-refractivity contribution in [1.29, 1.82) is 0 Å². The molecule has 12 rings (SSSR count). The summed E-state index contributed by atoms with van der Waals surface area (Å²) in [6.45, 7) is 0. The molecule has 0 spiro atoms. The number of benzene rings is 9. The fourth-order valence-corrected chi connectivity index (χ4v) is 9.05.